The summed E-state index contributed by atoms with van der Waals surface area (Å²) >= 11 is 0. The Morgan fingerprint density at radius 3 is 2.68 bits per heavy atom. The van der Waals surface area contributed by atoms with E-state index in [0.717, 1.165) is 23.1 Å². The van der Waals surface area contributed by atoms with E-state index < -0.39 is 0 Å². The van der Waals surface area contributed by atoms with Crippen LogP contribution in [0, 0.1) is 12.7 Å². The molecule has 5 nitrogen and oxygen atoms in total. The Morgan fingerprint density at radius 2 is 1.96 bits per heavy atom. The fourth-order valence-electron chi connectivity index (χ4n) is 3.01. The number of halogens is 1. The summed E-state index contributed by atoms with van der Waals surface area (Å²) in [6.07, 6.45) is 6.89. The number of aryl methyl sites for hydroxylation is 1. The van der Waals surface area contributed by atoms with Crippen molar-refractivity contribution in [3.63, 3.8) is 0 Å². The summed E-state index contributed by atoms with van der Waals surface area (Å²) in [7, 11) is 3.44. The second-order valence-corrected chi connectivity index (χ2v) is 6.74. The molecule has 1 unspecified atom stereocenters. The normalized spacial score (nSPS) is 12.6. The standard InChI is InChI=1S/C22H31FN2O3/c1-6-7-8-16(2)19-13-18(14-21(23)17(19)3)20-15-24-25(4)22(20)28-12-11-27-10-9-26-5/h7-8,13-16H,6,9-12H2,1-5H3/b8-7+. The number of hydrogen-bond acceptors (Lipinski definition) is 4. The van der Waals surface area contributed by atoms with Crippen LogP contribution in [0.15, 0.2) is 30.5 Å². The molecule has 0 saturated heterocycles. The van der Waals surface area contributed by atoms with Crippen molar-refractivity contribution >= 4 is 0 Å². The van der Waals surface area contributed by atoms with E-state index in [1.165, 1.54) is 0 Å². The van der Waals surface area contributed by atoms with Crippen LogP contribution in [0.2, 0.25) is 0 Å². The van der Waals surface area contributed by atoms with Crippen molar-refractivity contribution in [1.82, 2.24) is 9.78 Å². The summed E-state index contributed by atoms with van der Waals surface area (Å²) in [5.74, 6) is 0.507. The van der Waals surface area contributed by atoms with E-state index in [1.54, 1.807) is 24.1 Å². The Labute approximate surface area is 167 Å². The number of hydrogen-bond donors (Lipinski definition) is 0. The lowest BCUT2D eigenvalue weighted by Gasteiger charge is -2.15. The van der Waals surface area contributed by atoms with Gasteiger partial charge in [0.25, 0.3) is 0 Å². The highest BCUT2D eigenvalue weighted by Gasteiger charge is 2.17. The van der Waals surface area contributed by atoms with Crippen LogP contribution in [-0.4, -0.2) is 43.3 Å². The third-order valence-corrected chi connectivity index (χ3v) is 4.63. The van der Waals surface area contributed by atoms with E-state index in [0.29, 0.717) is 37.9 Å². The topological polar surface area (TPSA) is 45.5 Å². The van der Waals surface area contributed by atoms with Gasteiger partial charge in [-0.3, -0.25) is 0 Å². The van der Waals surface area contributed by atoms with Crippen molar-refractivity contribution in [2.45, 2.75) is 33.1 Å². The van der Waals surface area contributed by atoms with Gasteiger partial charge in [0.15, 0.2) is 0 Å². The lowest BCUT2D eigenvalue weighted by Crippen LogP contribution is -2.12. The molecule has 0 saturated carbocycles. The van der Waals surface area contributed by atoms with Gasteiger partial charge in [-0.15, -0.1) is 0 Å². The Morgan fingerprint density at radius 1 is 1.21 bits per heavy atom. The summed E-state index contributed by atoms with van der Waals surface area (Å²) in [4.78, 5) is 0. The predicted octanol–water partition coefficient (Wildman–Crippen LogP) is 4.65. The molecule has 0 aliphatic carbocycles. The fraction of sp³-hybridized carbons (Fsp3) is 0.500. The SMILES string of the molecule is CC/C=C/C(C)c1cc(-c2cnn(C)c2OCCOCCOC)cc(F)c1C. The predicted molar refractivity (Wildman–Crippen MR) is 109 cm³/mol. The van der Waals surface area contributed by atoms with Gasteiger partial charge < -0.3 is 14.2 Å². The summed E-state index contributed by atoms with van der Waals surface area (Å²) < 4.78 is 32.6. The van der Waals surface area contributed by atoms with Gasteiger partial charge in [0.2, 0.25) is 5.88 Å². The number of rotatable bonds is 11. The maximum atomic E-state index is 14.6. The highest BCUT2D eigenvalue weighted by molar-refractivity contribution is 5.70. The molecule has 0 aliphatic rings. The van der Waals surface area contributed by atoms with Crippen molar-refractivity contribution in [3.05, 3.63) is 47.4 Å². The van der Waals surface area contributed by atoms with Gasteiger partial charge in [0.05, 0.1) is 31.6 Å². The molecule has 1 heterocycles. The largest absolute Gasteiger partial charge is 0.475 e. The zero-order chi connectivity index (χ0) is 20.5. The van der Waals surface area contributed by atoms with E-state index in [2.05, 4.69) is 31.1 Å². The van der Waals surface area contributed by atoms with E-state index >= 15 is 0 Å². The van der Waals surface area contributed by atoms with Crippen LogP contribution in [0.25, 0.3) is 11.1 Å². The van der Waals surface area contributed by atoms with Crippen LogP contribution in [0.5, 0.6) is 5.88 Å². The average Bonchev–Trinajstić information content (AvgIpc) is 3.05. The Balaban J connectivity index is 2.23. The number of nitrogens with zero attached hydrogens (tertiary/aromatic N) is 2. The lowest BCUT2D eigenvalue weighted by atomic mass is 9.92. The molecule has 2 aromatic rings. The van der Waals surface area contributed by atoms with Gasteiger partial charge in [-0.2, -0.15) is 5.10 Å². The molecule has 0 aliphatic heterocycles. The molecule has 0 spiro atoms. The molecular formula is C22H31FN2O3. The van der Waals surface area contributed by atoms with E-state index in [4.69, 9.17) is 14.2 Å². The number of methoxy groups -OCH3 is 1. The molecular weight excluding hydrogens is 359 g/mol. The third kappa shape index (κ3) is 5.66. The maximum Gasteiger partial charge on any atom is 0.219 e. The first kappa shape index (κ1) is 22.1. The van der Waals surface area contributed by atoms with Crippen LogP contribution in [0.1, 0.15) is 37.3 Å². The van der Waals surface area contributed by atoms with Gasteiger partial charge in [0, 0.05) is 14.2 Å². The average molecular weight is 390 g/mol. The Bertz CT molecular complexity index is 786. The fourth-order valence-corrected chi connectivity index (χ4v) is 3.01. The van der Waals surface area contributed by atoms with Crippen LogP contribution in [-0.2, 0) is 16.5 Å². The highest BCUT2D eigenvalue weighted by Crippen LogP contribution is 2.34. The molecule has 0 N–H and O–H groups in total. The third-order valence-electron chi connectivity index (χ3n) is 4.63. The molecule has 2 rings (SSSR count). The lowest BCUT2D eigenvalue weighted by molar-refractivity contribution is 0.0531. The second-order valence-electron chi connectivity index (χ2n) is 6.74. The summed E-state index contributed by atoms with van der Waals surface area (Å²) in [5, 5.41) is 4.29. The van der Waals surface area contributed by atoms with Gasteiger partial charge in [-0.25, -0.2) is 9.07 Å². The number of allylic oxidation sites excluding steroid dienone is 2. The van der Waals surface area contributed by atoms with Gasteiger partial charge in [-0.1, -0.05) is 26.0 Å². The maximum absolute atomic E-state index is 14.6. The molecule has 1 aromatic carbocycles. The zero-order valence-electron chi connectivity index (χ0n) is 17.5. The number of aromatic nitrogens is 2. The highest BCUT2D eigenvalue weighted by atomic mass is 19.1. The molecule has 154 valence electrons. The molecule has 0 amide bonds. The van der Waals surface area contributed by atoms with Crippen molar-refractivity contribution < 1.29 is 18.6 Å². The second kappa shape index (κ2) is 11.0. The number of ether oxygens (including phenoxy) is 3. The molecule has 1 aromatic heterocycles. The van der Waals surface area contributed by atoms with Gasteiger partial charge in [-0.05, 0) is 48.1 Å². The minimum absolute atomic E-state index is 0.129. The molecule has 0 fully saturated rings. The van der Waals surface area contributed by atoms with Crippen LogP contribution in [0.4, 0.5) is 4.39 Å². The molecule has 0 bridgehead atoms. The van der Waals surface area contributed by atoms with E-state index in [1.807, 2.05) is 20.0 Å². The molecule has 1 atom stereocenters. The molecule has 0 radical (unpaired) electrons. The quantitative estimate of drug-likeness (QED) is 0.414. The van der Waals surface area contributed by atoms with E-state index in [-0.39, 0.29) is 11.7 Å². The van der Waals surface area contributed by atoms with Crippen LogP contribution >= 0.6 is 0 Å². The Hall–Kier alpha value is -2.18. The molecule has 28 heavy (non-hydrogen) atoms. The van der Waals surface area contributed by atoms with Crippen molar-refractivity contribution in [3.8, 4) is 17.0 Å². The smallest absolute Gasteiger partial charge is 0.219 e. The first-order valence-electron chi connectivity index (χ1n) is 9.68. The monoisotopic (exact) mass is 390 g/mol. The van der Waals surface area contributed by atoms with Crippen molar-refractivity contribution in [2.75, 3.05) is 33.5 Å². The van der Waals surface area contributed by atoms with E-state index in [9.17, 15) is 4.39 Å². The summed E-state index contributed by atoms with van der Waals surface area (Å²) in [6.45, 7) is 7.89. The minimum Gasteiger partial charge on any atom is -0.475 e. The zero-order valence-corrected chi connectivity index (χ0v) is 17.5. The summed E-state index contributed by atoms with van der Waals surface area (Å²) in [5.41, 5.74) is 3.18. The number of benzene rings is 1. The van der Waals surface area contributed by atoms with Gasteiger partial charge >= 0.3 is 0 Å². The van der Waals surface area contributed by atoms with Crippen molar-refractivity contribution in [2.24, 2.45) is 7.05 Å². The van der Waals surface area contributed by atoms with Crippen molar-refractivity contribution in [1.29, 1.82) is 0 Å². The van der Waals surface area contributed by atoms with Crippen LogP contribution < -0.4 is 4.74 Å². The van der Waals surface area contributed by atoms with Gasteiger partial charge in [0.1, 0.15) is 12.4 Å². The first-order valence-corrected chi connectivity index (χ1v) is 9.68. The van der Waals surface area contributed by atoms with Crippen LogP contribution in [0.3, 0.4) is 0 Å². The first-order chi connectivity index (χ1) is 13.5. The molecule has 6 heteroatoms. The summed E-state index contributed by atoms with van der Waals surface area (Å²) in [6, 6.07) is 3.58. The minimum atomic E-state index is -0.220. The Kier molecular flexibility index (Phi) is 8.67.